The molecule has 4 nitrogen and oxygen atoms in total. The van der Waals surface area contributed by atoms with Crippen molar-refractivity contribution in [1.29, 1.82) is 0 Å². The van der Waals surface area contributed by atoms with Crippen molar-refractivity contribution >= 4 is 22.3 Å². The number of fused-ring (bicyclic) bond motifs is 1. The highest BCUT2D eigenvalue weighted by Gasteiger charge is 2.20. The van der Waals surface area contributed by atoms with Crippen molar-refractivity contribution < 1.29 is 9.18 Å². The highest BCUT2D eigenvalue weighted by Crippen LogP contribution is 2.32. The van der Waals surface area contributed by atoms with Crippen LogP contribution >= 0.6 is 0 Å². The molecule has 2 heterocycles. The lowest BCUT2D eigenvalue weighted by Crippen LogP contribution is -2.36. The topological polar surface area (TPSA) is 51.3 Å². The van der Waals surface area contributed by atoms with Crippen LogP contribution in [0.3, 0.4) is 0 Å². The lowest BCUT2D eigenvalue weighted by Gasteiger charge is -2.31. The zero-order valence-corrected chi connectivity index (χ0v) is 17.6. The van der Waals surface area contributed by atoms with Gasteiger partial charge in [0, 0.05) is 47.4 Å². The first-order valence-electron chi connectivity index (χ1n) is 10.6. The minimum atomic E-state index is -0.351. The maximum absolute atomic E-state index is 13.2. The number of nitrogen functional groups attached to an aromatic ring is 1. The molecule has 2 N–H and O–H groups in total. The minimum Gasteiger partial charge on any atom is -0.339 e. The Bertz CT molecular complexity index is 1100. The van der Waals surface area contributed by atoms with Crippen LogP contribution in [0, 0.1) is 5.82 Å². The number of nitrogens with two attached hydrogens (primary N) is 1. The molecule has 0 saturated heterocycles. The molecular weight excluding hydrogens is 377 g/mol. The Morgan fingerprint density at radius 2 is 1.90 bits per heavy atom. The molecule has 4 rings (SSSR count). The van der Waals surface area contributed by atoms with E-state index in [2.05, 4.69) is 24.8 Å². The van der Waals surface area contributed by atoms with Crippen LogP contribution in [0.1, 0.15) is 54.6 Å². The molecule has 0 saturated carbocycles. The first kappa shape index (κ1) is 20.4. The highest BCUT2D eigenvalue weighted by atomic mass is 19.1. The number of carbonyl (C=O) groups is 1. The Morgan fingerprint density at radius 3 is 2.57 bits per heavy atom. The Balaban J connectivity index is 1.66. The Kier molecular flexibility index (Phi) is 5.73. The second kappa shape index (κ2) is 8.44. The molecule has 1 aromatic heterocycles. The van der Waals surface area contributed by atoms with Crippen LogP contribution in [0.5, 0.6) is 0 Å². The molecular formula is C25H28FN3O. The fourth-order valence-corrected chi connectivity index (χ4v) is 4.35. The smallest absolute Gasteiger partial charge is 0.193 e. The van der Waals surface area contributed by atoms with Crippen LogP contribution in [0.25, 0.3) is 16.5 Å². The van der Waals surface area contributed by atoms with Gasteiger partial charge in [0.2, 0.25) is 0 Å². The minimum absolute atomic E-state index is 0.121. The number of halogens is 1. The van der Waals surface area contributed by atoms with Gasteiger partial charge in [-0.05, 0) is 67.8 Å². The molecule has 1 unspecified atom stereocenters. The monoisotopic (exact) mass is 405 g/mol. The number of ketones is 1. The molecule has 1 aliphatic heterocycles. The average Bonchev–Trinajstić information content (AvgIpc) is 3.10. The van der Waals surface area contributed by atoms with Crippen molar-refractivity contribution in [2.24, 2.45) is 0 Å². The van der Waals surface area contributed by atoms with E-state index in [9.17, 15) is 9.18 Å². The van der Waals surface area contributed by atoms with Gasteiger partial charge in [-0.2, -0.15) is 0 Å². The normalized spacial score (nSPS) is 15.9. The summed E-state index contributed by atoms with van der Waals surface area (Å²) in [5, 5.41) is 0.978. The fourth-order valence-electron chi connectivity index (χ4n) is 4.35. The number of carbonyl (C=O) groups excluding carboxylic acids is 1. The second-order valence-electron chi connectivity index (χ2n) is 8.13. The van der Waals surface area contributed by atoms with E-state index in [1.807, 2.05) is 18.3 Å². The van der Waals surface area contributed by atoms with Gasteiger partial charge in [0.15, 0.2) is 5.78 Å². The first-order valence-corrected chi connectivity index (χ1v) is 10.6. The van der Waals surface area contributed by atoms with Crippen LogP contribution in [0.2, 0.25) is 0 Å². The van der Waals surface area contributed by atoms with Gasteiger partial charge in [-0.15, -0.1) is 0 Å². The molecule has 2 aromatic carbocycles. The molecule has 0 radical (unpaired) electrons. The summed E-state index contributed by atoms with van der Waals surface area (Å²) in [5.74, 6) is 5.73. The van der Waals surface area contributed by atoms with Crippen LogP contribution in [0.4, 0.5) is 4.39 Å². The van der Waals surface area contributed by atoms with Crippen LogP contribution < -0.4 is 5.84 Å². The zero-order valence-electron chi connectivity index (χ0n) is 17.6. The fraction of sp³-hybridized carbons (Fsp3) is 0.320. The zero-order chi connectivity index (χ0) is 21.3. The van der Waals surface area contributed by atoms with Gasteiger partial charge in [0.05, 0.1) is 5.52 Å². The Labute approximate surface area is 176 Å². The summed E-state index contributed by atoms with van der Waals surface area (Å²) in [6.45, 7) is 6.48. The predicted octanol–water partition coefficient (Wildman–Crippen LogP) is 5.00. The van der Waals surface area contributed by atoms with Gasteiger partial charge in [-0.3, -0.25) is 14.4 Å². The quantitative estimate of drug-likeness (QED) is 0.464. The van der Waals surface area contributed by atoms with E-state index in [1.54, 1.807) is 10.7 Å². The maximum Gasteiger partial charge on any atom is 0.193 e. The van der Waals surface area contributed by atoms with Gasteiger partial charge in [-0.1, -0.05) is 19.4 Å². The molecule has 0 bridgehead atoms. The van der Waals surface area contributed by atoms with Crippen LogP contribution in [-0.2, 0) is 0 Å². The molecule has 0 amide bonds. The number of benzene rings is 2. The number of hydrogen-bond acceptors (Lipinski definition) is 3. The maximum atomic E-state index is 13.2. The highest BCUT2D eigenvalue weighted by molar-refractivity contribution is 6.11. The van der Waals surface area contributed by atoms with Gasteiger partial charge in [0.25, 0.3) is 0 Å². The summed E-state index contributed by atoms with van der Waals surface area (Å²) in [7, 11) is 0. The number of aromatic nitrogens is 1. The number of nitrogens with zero attached hydrogens (tertiary/aromatic N) is 2. The summed E-state index contributed by atoms with van der Waals surface area (Å²) in [6.07, 6.45) is 7.61. The summed E-state index contributed by atoms with van der Waals surface area (Å²) in [5.41, 5.74) is 4.31. The van der Waals surface area contributed by atoms with E-state index >= 15 is 0 Å². The predicted molar refractivity (Wildman–Crippen MR) is 120 cm³/mol. The molecule has 30 heavy (non-hydrogen) atoms. The van der Waals surface area contributed by atoms with E-state index in [-0.39, 0.29) is 11.6 Å². The van der Waals surface area contributed by atoms with E-state index in [0.717, 1.165) is 36.0 Å². The third-order valence-electron chi connectivity index (χ3n) is 6.12. The summed E-state index contributed by atoms with van der Waals surface area (Å²) in [6, 6.07) is 11.8. The van der Waals surface area contributed by atoms with Crippen LogP contribution in [-0.4, -0.2) is 34.5 Å². The van der Waals surface area contributed by atoms with E-state index in [4.69, 9.17) is 5.84 Å². The number of hydrogen-bond donors (Lipinski definition) is 1. The van der Waals surface area contributed by atoms with Crippen molar-refractivity contribution in [2.75, 3.05) is 18.9 Å². The standard InChI is InChI=1S/C25H28FN3O/c1-3-4-17(2)28-13-11-18(12-14-28)23-16-29(27)24-10-7-20(15-22(23)24)25(30)19-5-8-21(26)9-6-19/h5-11,15-17H,3-4,12-14,27H2,1-2H3. The van der Waals surface area contributed by atoms with Gasteiger partial charge in [0.1, 0.15) is 5.82 Å². The van der Waals surface area contributed by atoms with Crippen molar-refractivity contribution in [2.45, 2.75) is 39.2 Å². The van der Waals surface area contributed by atoms with Gasteiger partial charge >= 0.3 is 0 Å². The Hall–Kier alpha value is -2.92. The van der Waals surface area contributed by atoms with Crippen molar-refractivity contribution in [3.05, 3.63) is 77.2 Å². The molecule has 1 atom stereocenters. The third-order valence-corrected chi connectivity index (χ3v) is 6.12. The van der Waals surface area contributed by atoms with Crippen molar-refractivity contribution in [1.82, 2.24) is 9.58 Å². The summed E-state index contributed by atoms with van der Waals surface area (Å²) >= 11 is 0. The second-order valence-corrected chi connectivity index (χ2v) is 8.13. The SMILES string of the molecule is CCCC(C)N1CC=C(c2cn(N)c3ccc(C(=O)c4ccc(F)cc4)cc23)CC1. The average molecular weight is 406 g/mol. The largest absolute Gasteiger partial charge is 0.339 e. The Morgan fingerprint density at radius 1 is 1.17 bits per heavy atom. The molecule has 1 aliphatic rings. The van der Waals surface area contributed by atoms with Crippen molar-refractivity contribution in [3.63, 3.8) is 0 Å². The third kappa shape index (κ3) is 3.90. The molecule has 5 heteroatoms. The van der Waals surface area contributed by atoms with Crippen molar-refractivity contribution in [3.8, 4) is 0 Å². The molecule has 156 valence electrons. The first-order chi connectivity index (χ1) is 14.5. The van der Waals surface area contributed by atoms with Crippen LogP contribution in [0.15, 0.2) is 54.7 Å². The van der Waals surface area contributed by atoms with E-state index in [1.165, 1.54) is 42.7 Å². The van der Waals surface area contributed by atoms with E-state index in [0.29, 0.717) is 17.2 Å². The molecule has 0 spiro atoms. The van der Waals surface area contributed by atoms with Gasteiger partial charge < -0.3 is 5.84 Å². The lowest BCUT2D eigenvalue weighted by atomic mass is 9.95. The van der Waals surface area contributed by atoms with E-state index < -0.39 is 0 Å². The molecule has 0 fully saturated rings. The number of rotatable bonds is 6. The molecule has 3 aromatic rings. The summed E-state index contributed by atoms with van der Waals surface area (Å²) < 4.78 is 14.8. The van der Waals surface area contributed by atoms with Gasteiger partial charge in [-0.25, -0.2) is 4.39 Å². The lowest BCUT2D eigenvalue weighted by molar-refractivity contribution is 0.103. The summed E-state index contributed by atoms with van der Waals surface area (Å²) in [4.78, 5) is 15.4. The molecule has 0 aliphatic carbocycles.